The van der Waals surface area contributed by atoms with E-state index in [0.717, 1.165) is 0 Å². The minimum absolute atomic E-state index is 0.157. The lowest BCUT2D eigenvalue weighted by Gasteiger charge is -2.08. The highest BCUT2D eigenvalue weighted by Crippen LogP contribution is 2.11. The second kappa shape index (κ2) is 5.09. The minimum atomic E-state index is -0.523. The van der Waals surface area contributed by atoms with Crippen molar-refractivity contribution in [3.63, 3.8) is 0 Å². The van der Waals surface area contributed by atoms with E-state index in [-0.39, 0.29) is 12.1 Å². The molecule has 0 fully saturated rings. The number of hydrogen-bond donors (Lipinski definition) is 2. The molecule has 0 radical (unpaired) electrons. The van der Waals surface area contributed by atoms with Crippen molar-refractivity contribution in [3.05, 3.63) is 62.2 Å². The van der Waals surface area contributed by atoms with Gasteiger partial charge in [-0.3, -0.25) is 14.3 Å². The van der Waals surface area contributed by atoms with E-state index < -0.39 is 11.5 Å². The van der Waals surface area contributed by atoms with Crippen LogP contribution < -0.4 is 17.0 Å². The van der Waals surface area contributed by atoms with E-state index in [0.29, 0.717) is 23.2 Å². The Morgan fingerprint density at radius 3 is 2.68 bits per heavy atom. The summed E-state index contributed by atoms with van der Waals surface area (Å²) >= 11 is 0. The topological polar surface area (TPSA) is 80.9 Å². The van der Waals surface area contributed by atoms with E-state index in [1.807, 2.05) is 6.92 Å². The minimum Gasteiger partial charge on any atom is -0.399 e. The molecule has 0 saturated heterocycles. The van der Waals surface area contributed by atoms with Crippen LogP contribution in [0.5, 0.6) is 0 Å². The number of anilines is 1. The van der Waals surface area contributed by atoms with Crippen molar-refractivity contribution in [2.75, 3.05) is 5.73 Å². The van der Waals surface area contributed by atoms with Gasteiger partial charge in [0.1, 0.15) is 5.82 Å². The van der Waals surface area contributed by atoms with Crippen molar-refractivity contribution in [2.24, 2.45) is 0 Å². The highest BCUT2D eigenvalue weighted by molar-refractivity contribution is 5.41. The van der Waals surface area contributed by atoms with Gasteiger partial charge in [0.15, 0.2) is 0 Å². The van der Waals surface area contributed by atoms with Crippen LogP contribution in [0, 0.1) is 5.82 Å². The smallest absolute Gasteiger partial charge is 0.328 e. The number of nitrogens with one attached hydrogen (secondary N) is 1. The lowest BCUT2D eigenvalue weighted by molar-refractivity contribution is 0.622. The molecule has 1 aromatic carbocycles. The third kappa shape index (κ3) is 2.90. The van der Waals surface area contributed by atoms with E-state index in [1.165, 1.54) is 22.9 Å². The van der Waals surface area contributed by atoms with Gasteiger partial charge in [0.2, 0.25) is 0 Å². The molecule has 5 nitrogen and oxygen atoms in total. The van der Waals surface area contributed by atoms with Gasteiger partial charge in [-0.2, -0.15) is 0 Å². The Labute approximate surface area is 108 Å². The predicted molar refractivity (Wildman–Crippen MR) is 70.6 cm³/mol. The first-order valence-corrected chi connectivity index (χ1v) is 5.87. The Bertz CT molecular complexity index is 698. The fourth-order valence-electron chi connectivity index (χ4n) is 1.89. The van der Waals surface area contributed by atoms with Crippen LogP contribution in [0.1, 0.15) is 18.1 Å². The lowest BCUT2D eigenvalue weighted by atomic mass is 10.2. The summed E-state index contributed by atoms with van der Waals surface area (Å²) in [5, 5.41) is 0. The third-order valence-electron chi connectivity index (χ3n) is 2.80. The largest absolute Gasteiger partial charge is 0.399 e. The molecule has 0 saturated carbocycles. The van der Waals surface area contributed by atoms with Gasteiger partial charge in [-0.05, 0) is 30.2 Å². The zero-order valence-electron chi connectivity index (χ0n) is 10.4. The molecule has 0 aliphatic heterocycles. The normalized spacial score (nSPS) is 10.6. The number of benzene rings is 1. The molecular weight excluding hydrogens is 249 g/mol. The number of hydrogen-bond acceptors (Lipinski definition) is 3. The SMILES string of the molecule is CCc1cn(Cc2cc(N)cc(F)c2)c(=O)[nH]c1=O. The third-order valence-corrected chi connectivity index (χ3v) is 2.80. The number of halogens is 1. The molecule has 0 atom stereocenters. The van der Waals surface area contributed by atoms with Crippen molar-refractivity contribution in [1.29, 1.82) is 0 Å². The van der Waals surface area contributed by atoms with E-state index in [2.05, 4.69) is 4.98 Å². The zero-order valence-corrected chi connectivity index (χ0v) is 10.4. The number of nitrogens with zero attached hydrogens (tertiary/aromatic N) is 1. The highest BCUT2D eigenvalue weighted by atomic mass is 19.1. The van der Waals surface area contributed by atoms with Gasteiger partial charge in [-0.1, -0.05) is 6.92 Å². The summed E-state index contributed by atoms with van der Waals surface area (Å²) in [6.07, 6.45) is 2.00. The van der Waals surface area contributed by atoms with E-state index in [4.69, 9.17) is 5.73 Å². The van der Waals surface area contributed by atoms with E-state index in [9.17, 15) is 14.0 Å². The maximum Gasteiger partial charge on any atom is 0.328 e. The van der Waals surface area contributed by atoms with Crippen LogP contribution in [0.25, 0.3) is 0 Å². The Hall–Kier alpha value is -2.37. The van der Waals surface area contributed by atoms with Crippen LogP contribution in [0.15, 0.2) is 34.0 Å². The van der Waals surface area contributed by atoms with Gasteiger partial charge in [-0.25, -0.2) is 9.18 Å². The maximum absolute atomic E-state index is 13.2. The average molecular weight is 263 g/mol. The molecule has 0 bridgehead atoms. The first-order chi connectivity index (χ1) is 8.99. The van der Waals surface area contributed by atoms with Crippen molar-refractivity contribution >= 4 is 5.69 Å². The van der Waals surface area contributed by atoms with Gasteiger partial charge < -0.3 is 5.73 Å². The van der Waals surface area contributed by atoms with E-state index in [1.54, 1.807) is 6.07 Å². The van der Waals surface area contributed by atoms with Crippen LogP contribution in [0.3, 0.4) is 0 Å². The van der Waals surface area contributed by atoms with Gasteiger partial charge >= 0.3 is 5.69 Å². The van der Waals surface area contributed by atoms with Crippen molar-refractivity contribution in [2.45, 2.75) is 19.9 Å². The number of aryl methyl sites for hydroxylation is 1. The molecule has 19 heavy (non-hydrogen) atoms. The second-order valence-corrected chi connectivity index (χ2v) is 4.29. The molecule has 100 valence electrons. The number of aromatic nitrogens is 2. The fraction of sp³-hybridized carbons (Fsp3) is 0.231. The maximum atomic E-state index is 13.2. The summed E-state index contributed by atoms with van der Waals surface area (Å²) in [6, 6.07) is 4.10. The predicted octanol–water partition coefficient (Wildman–Crippen LogP) is 0.869. The first-order valence-electron chi connectivity index (χ1n) is 5.87. The molecule has 0 spiro atoms. The molecule has 0 unspecified atom stereocenters. The molecule has 3 N–H and O–H groups in total. The summed E-state index contributed by atoms with van der Waals surface area (Å²) < 4.78 is 14.5. The molecule has 6 heteroatoms. The van der Waals surface area contributed by atoms with Crippen molar-refractivity contribution in [1.82, 2.24) is 9.55 Å². The number of rotatable bonds is 3. The average Bonchev–Trinajstić information content (AvgIpc) is 2.31. The standard InChI is InChI=1S/C13H14FN3O2/c1-2-9-7-17(13(19)16-12(9)18)6-8-3-10(14)5-11(15)4-8/h3-5,7H,2,6,15H2,1H3,(H,16,18,19). The number of nitrogens with two attached hydrogens (primary N) is 1. The number of aromatic amines is 1. The number of H-pyrrole nitrogens is 1. The molecular formula is C13H14FN3O2. The lowest BCUT2D eigenvalue weighted by Crippen LogP contribution is -2.31. The second-order valence-electron chi connectivity index (χ2n) is 4.29. The molecule has 2 rings (SSSR count). The molecule has 0 aliphatic rings. The van der Waals surface area contributed by atoms with Crippen molar-refractivity contribution in [3.8, 4) is 0 Å². The monoisotopic (exact) mass is 263 g/mol. The highest BCUT2D eigenvalue weighted by Gasteiger charge is 2.05. The van der Waals surface area contributed by atoms with Gasteiger partial charge in [-0.15, -0.1) is 0 Å². The Balaban J connectivity index is 2.43. The van der Waals surface area contributed by atoms with Gasteiger partial charge in [0.25, 0.3) is 5.56 Å². The Morgan fingerprint density at radius 2 is 2.05 bits per heavy atom. The summed E-state index contributed by atoms with van der Waals surface area (Å²) in [5.41, 5.74) is 6.00. The summed E-state index contributed by atoms with van der Waals surface area (Å²) in [6.45, 7) is 1.98. The summed E-state index contributed by atoms with van der Waals surface area (Å²) in [5.74, 6) is -0.455. The molecule has 0 aliphatic carbocycles. The van der Waals surface area contributed by atoms with E-state index >= 15 is 0 Å². The van der Waals surface area contributed by atoms with Crippen LogP contribution in [-0.2, 0) is 13.0 Å². The van der Waals surface area contributed by atoms with Gasteiger partial charge in [0.05, 0.1) is 6.54 Å². The van der Waals surface area contributed by atoms with Crippen LogP contribution in [0.4, 0.5) is 10.1 Å². The quantitative estimate of drug-likeness (QED) is 0.806. The fourth-order valence-corrected chi connectivity index (χ4v) is 1.89. The molecule has 1 heterocycles. The Kier molecular flexibility index (Phi) is 3.50. The molecule has 1 aromatic heterocycles. The Morgan fingerprint density at radius 1 is 1.32 bits per heavy atom. The zero-order chi connectivity index (χ0) is 14.0. The summed E-state index contributed by atoms with van der Waals surface area (Å²) in [4.78, 5) is 25.3. The van der Waals surface area contributed by atoms with Gasteiger partial charge in [0, 0.05) is 17.4 Å². The molecule has 2 aromatic rings. The molecule has 0 amide bonds. The van der Waals surface area contributed by atoms with Crippen LogP contribution in [0.2, 0.25) is 0 Å². The van der Waals surface area contributed by atoms with Crippen LogP contribution >= 0.6 is 0 Å². The first kappa shape index (κ1) is 13.1. The van der Waals surface area contributed by atoms with Crippen LogP contribution in [-0.4, -0.2) is 9.55 Å². The number of nitrogen functional groups attached to an aromatic ring is 1. The summed E-state index contributed by atoms with van der Waals surface area (Å²) in [7, 11) is 0. The van der Waals surface area contributed by atoms with Crippen molar-refractivity contribution < 1.29 is 4.39 Å².